The zero-order valence-electron chi connectivity index (χ0n) is 11.1. The lowest BCUT2D eigenvalue weighted by Gasteiger charge is -2.08. The molecule has 1 fully saturated rings. The van der Waals surface area contributed by atoms with E-state index in [-0.39, 0.29) is 5.75 Å². The van der Waals surface area contributed by atoms with Crippen LogP contribution in [0.15, 0.2) is 23.1 Å². The highest BCUT2D eigenvalue weighted by atomic mass is 32.2. The molecule has 0 aliphatic heterocycles. The van der Waals surface area contributed by atoms with Gasteiger partial charge < -0.3 is 5.32 Å². The molecule has 0 amide bonds. The molecule has 0 bridgehead atoms. The molecular weight excluding hydrogens is 246 g/mol. The molecule has 0 atom stereocenters. The Bertz CT molecular complexity index is 519. The van der Waals surface area contributed by atoms with Gasteiger partial charge in [-0.25, -0.2) is 8.42 Å². The van der Waals surface area contributed by atoms with Crippen molar-refractivity contribution >= 4 is 9.84 Å². The van der Waals surface area contributed by atoms with Gasteiger partial charge in [0.05, 0.1) is 10.6 Å². The van der Waals surface area contributed by atoms with Crippen LogP contribution in [0.4, 0.5) is 0 Å². The topological polar surface area (TPSA) is 46.2 Å². The second kappa shape index (κ2) is 5.41. The molecule has 1 aliphatic carbocycles. The summed E-state index contributed by atoms with van der Waals surface area (Å²) >= 11 is 0. The predicted octanol–water partition coefficient (Wildman–Crippen LogP) is 2.22. The van der Waals surface area contributed by atoms with E-state index in [0.29, 0.717) is 17.4 Å². The molecule has 4 heteroatoms. The fraction of sp³-hybridized carbons (Fsp3) is 0.571. The van der Waals surface area contributed by atoms with Crippen molar-refractivity contribution in [3.8, 4) is 0 Å². The molecule has 18 heavy (non-hydrogen) atoms. The molecular formula is C14H21NO2S. The van der Waals surface area contributed by atoms with E-state index in [2.05, 4.69) is 5.32 Å². The number of sulfone groups is 1. The Morgan fingerprint density at radius 2 is 2.00 bits per heavy atom. The number of hydrogen-bond donors (Lipinski definition) is 1. The number of rotatable bonds is 6. The minimum Gasteiger partial charge on any atom is -0.314 e. The molecule has 1 aromatic carbocycles. The van der Waals surface area contributed by atoms with Crippen LogP contribution in [0.2, 0.25) is 0 Å². The summed E-state index contributed by atoms with van der Waals surface area (Å²) in [6.45, 7) is 4.64. The van der Waals surface area contributed by atoms with Crippen molar-refractivity contribution in [2.24, 2.45) is 0 Å². The molecule has 0 heterocycles. The van der Waals surface area contributed by atoms with Gasteiger partial charge in [-0.3, -0.25) is 0 Å². The van der Waals surface area contributed by atoms with Crippen molar-refractivity contribution in [1.29, 1.82) is 0 Å². The Kier molecular flexibility index (Phi) is 4.07. The first kappa shape index (κ1) is 13.6. The Morgan fingerprint density at radius 3 is 2.61 bits per heavy atom. The van der Waals surface area contributed by atoms with Gasteiger partial charge in [0.15, 0.2) is 9.84 Å². The Morgan fingerprint density at radius 1 is 1.28 bits per heavy atom. The summed E-state index contributed by atoms with van der Waals surface area (Å²) in [6, 6.07) is 6.17. The summed E-state index contributed by atoms with van der Waals surface area (Å²) in [4.78, 5) is 0.486. The fourth-order valence-electron chi connectivity index (χ4n) is 2.11. The van der Waals surface area contributed by atoms with E-state index in [9.17, 15) is 8.42 Å². The molecule has 1 N–H and O–H groups in total. The maximum Gasteiger partial charge on any atom is 0.178 e. The molecule has 0 radical (unpaired) electrons. The summed E-state index contributed by atoms with van der Waals surface area (Å²) < 4.78 is 24.4. The SMILES string of the molecule is Cc1ccc(S(=O)(=O)CCCNC2CC2)c(C)c1. The van der Waals surface area contributed by atoms with Crippen LogP contribution in [0.5, 0.6) is 0 Å². The third-order valence-electron chi connectivity index (χ3n) is 3.27. The molecule has 2 rings (SSSR count). The highest BCUT2D eigenvalue weighted by molar-refractivity contribution is 7.91. The van der Waals surface area contributed by atoms with Crippen LogP contribution in [0.1, 0.15) is 30.4 Å². The van der Waals surface area contributed by atoms with Crippen LogP contribution in [-0.4, -0.2) is 26.8 Å². The van der Waals surface area contributed by atoms with E-state index < -0.39 is 9.84 Å². The summed E-state index contributed by atoms with van der Waals surface area (Å²) in [7, 11) is -3.13. The predicted molar refractivity (Wildman–Crippen MR) is 73.6 cm³/mol. The molecule has 0 unspecified atom stereocenters. The van der Waals surface area contributed by atoms with Crippen molar-refractivity contribution in [2.75, 3.05) is 12.3 Å². The molecule has 3 nitrogen and oxygen atoms in total. The minimum atomic E-state index is -3.13. The van der Waals surface area contributed by atoms with Crippen molar-refractivity contribution in [3.63, 3.8) is 0 Å². The second-order valence-corrected chi connectivity index (χ2v) is 7.25. The van der Waals surface area contributed by atoms with Gasteiger partial charge in [0.2, 0.25) is 0 Å². The van der Waals surface area contributed by atoms with E-state index in [1.807, 2.05) is 26.0 Å². The van der Waals surface area contributed by atoms with Crippen molar-refractivity contribution in [3.05, 3.63) is 29.3 Å². The Hall–Kier alpha value is -0.870. The molecule has 1 aromatic rings. The highest BCUT2D eigenvalue weighted by Crippen LogP contribution is 2.20. The maximum atomic E-state index is 12.2. The number of hydrogen-bond acceptors (Lipinski definition) is 3. The Labute approximate surface area is 110 Å². The lowest BCUT2D eigenvalue weighted by molar-refractivity contribution is 0.587. The standard InChI is InChI=1S/C14H21NO2S/c1-11-4-7-14(12(2)10-11)18(16,17)9-3-8-15-13-5-6-13/h4,7,10,13,15H,3,5-6,8-9H2,1-2H3. The van der Waals surface area contributed by atoms with Gasteiger partial charge in [-0.1, -0.05) is 17.7 Å². The summed E-state index contributed by atoms with van der Waals surface area (Å²) in [5.74, 6) is 0.233. The lowest BCUT2D eigenvalue weighted by Crippen LogP contribution is -2.20. The Balaban J connectivity index is 1.95. The van der Waals surface area contributed by atoms with Crippen molar-refractivity contribution in [2.45, 2.75) is 44.0 Å². The zero-order valence-corrected chi connectivity index (χ0v) is 11.9. The van der Waals surface area contributed by atoms with Gasteiger partial charge in [-0.05, 0) is 51.3 Å². The molecule has 100 valence electrons. The van der Waals surface area contributed by atoms with Gasteiger partial charge in [-0.2, -0.15) is 0 Å². The first-order valence-electron chi connectivity index (χ1n) is 6.52. The number of benzene rings is 1. The molecule has 1 saturated carbocycles. The van der Waals surface area contributed by atoms with E-state index >= 15 is 0 Å². The number of aryl methyl sites for hydroxylation is 2. The summed E-state index contributed by atoms with van der Waals surface area (Å²) in [5, 5.41) is 3.34. The third-order valence-corrected chi connectivity index (χ3v) is 5.22. The molecule has 0 spiro atoms. The van der Waals surface area contributed by atoms with Gasteiger partial charge >= 0.3 is 0 Å². The maximum absolute atomic E-state index is 12.2. The summed E-state index contributed by atoms with van der Waals surface area (Å²) in [5.41, 5.74) is 1.95. The minimum absolute atomic E-state index is 0.233. The quantitative estimate of drug-likeness (QED) is 0.804. The fourth-order valence-corrected chi connectivity index (χ4v) is 3.68. The van der Waals surface area contributed by atoms with E-state index in [1.165, 1.54) is 12.8 Å². The second-order valence-electron chi connectivity index (χ2n) is 5.17. The average molecular weight is 267 g/mol. The molecule has 0 aromatic heterocycles. The van der Waals surface area contributed by atoms with E-state index in [1.54, 1.807) is 6.07 Å². The monoisotopic (exact) mass is 267 g/mol. The average Bonchev–Trinajstić information content (AvgIpc) is 3.07. The van der Waals surface area contributed by atoms with Crippen LogP contribution < -0.4 is 5.32 Å². The number of nitrogens with one attached hydrogen (secondary N) is 1. The lowest BCUT2D eigenvalue weighted by atomic mass is 10.2. The van der Waals surface area contributed by atoms with E-state index in [4.69, 9.17) is 0 Å². The zero-order chi connectivity index (χ0) is 13.2. The smallest absolute Gasteiger partial charge is 0.178 e. The van der Waals surface area contributed by atoms with Crippen LogP contribution >= 0.6 is 0 Å². The van der Waals surface area contributed by atoms with Gasteiger partial charge in [0, 0.05) is 6.04 Å². The normalized spacial score (nSPS) is 15.9. The first-order chi connectivity index (χ1) is 8.49. The van der Waals surface area contributed by atoms with Crippen molar-refractivity contribution in [1.82, 2.24) is 5.32 Å². The summed E-state index contributed by atoms with van der Waals surface area (Å²) in [6.07, 6.45) is 3.17. The van der Waals surface area contributed by atoms with E-state index in [0.717, 1.165) is 17.7 Å². The van der Waals surface area contributed by atoms with Crippen LogP contribution in [-0.2, 0) is 9.84 Å². The molecule has 1 aliphatic rings. The van der Waals surface area contributed by atoms with Crippen LogP contribution in [0.3, 0.4) is 0 Å². The third kappa shape index (κ3) is 3.56. The van der Waals surface area contributed by atoms with Crippen LogP contribution in [0.25, 0.3) is 0 Å². The van der Waals surface area contributed by atoms with Crippen molar-refractivity contribution < 1.29 is 8.42 Å². The van der Waals surface area contributed by atoms with Crippen LogP contribution in [0, 0.1) is 13.8 Å². The van der Waals surface area contributed by atoms with Gasteiger partial charge in [0.1, 0.15) is 0 Å². The van der Waals surface area contributed by atoms with Gasteiger partial charge in [-0.15, -0.1) is 0 Å². The molecule has 0 saturated heterocycles. The van der Waals surface area contributed by atoms with Gasteiger partial charge in [0.25, 0.3) is 0 Å². The first-order valence-corrected chi connectivity index (χ1v) is 8.18. The highest BCUT2D eigenvalue weighted by Gasteiger charge is 2.21. The largest absolute Gasteiger partial charge is 0.314 e.